The van der Waals surface area contributed by atoms with Crippen molar-refractivity contribution in [2.75, 3.05) is 0 Å². The Morgan fingerprint density at radius 2 is 2.10 bits per heavy atom. The molecule has 3 rings (SSSR count). The van der Waals surface area contributed by atoms with E-state index < -0.39 is 10.0 Å². The zero-order chi connectivity index (χ0) is 14.2. The highest BCUT2D eigenvalue weighted by molar-refractivity contribution is 7.91. The lowest BCUT2D eigenvalue weighted by atomic mass is 9.81. The first kappa shape index (κ1) is 14.5. The van der Waals surface area contributed by atoms with Crippen molar-refractivity contribution in [1.82, 2.24) is 10.0 Å². The summed E-state index contributed by atoms with van der Waals surface area (Å²) in [5.74, 6) is 0.515. The van der Waals surface area contributed by atoms with Crippen molar-refractivity contribution in [3.05, 3.63) is 17.0 Å². The van der Waals surface area contributed by atoms with Crippen LogP contribution < -0.4 is 10.0 Å². The molecule has 2 saturated carbocycles. The van der Waals surface area contributed by atoms with Gasteiger partial charge in [0.1, 0.15) is 4.21 Å². The van der Waals surface area contributed by atoms with Crippen molar-refractivity contribution in [1.29, 1.82) is 0 Å². The summed E-state index contributed by atoms with van der Waals surface area (Å²) in [7, 11) is -3.34. The van der Waals surface area contributed by atoms with Gasteiger partial charge in [-0.15, -0.1) is 11.3 Å². The predicted molar refractivity (Wildman–Crippen MR) is 81.3 cm³/mol. The van der Waals surface area contributed by atoms with E-state index in [9.17, 15) is 8.42 Å². The van der Waals surface area contributed by atoms with E-state index in [1.54, 1.807) is 6.07 Å². The van der Waals surface area contributed by atoms with Gasteiger partial charge in [0, 0.05) is 18.6 Å². The molecular formula is C14H22N2O2S2. The van der Waals surface area contributed by atoms with Crippen LogP contribution in [-0.2, 0) is 16.6 Å². The number of rotatable bonds is 7. The zero-order valence-electron chi connectivity index (χ0n) is 11.8. The SMILES string of the molecule is CC(NS(=O)(=O)c1cc(CNC2CC2)cs1)C1CCC1. The van der Waals surface area contributed by atoms with Gasteiger partial charge in [0.25, 0.3) is 0 Å². The van der Waals surface area contributed by atoms with Crippen molar-refractivity contribution in [2.45, 2.75) is 61.9 Å². The molecule has 0 amide bonds. The molecule has 0 saturated heterocycles. The van der Waals surface area contributed by atoms with E-state index in [0.29, 0.717) is 16.2 Å². The first-order valence-electron chi connectivity index (χ1n) is 7.38. The topological polar surface area (TPSA) is 58.2 Å². The standard InChI is InChI=1S/C14H22N2O2S2/c1-10(12-3-2-4-12)16-20(17,18)14-7-11(9-19-14)8-15-13-5-6-13/h7,9-10,12-13,15-16H,2-6,8H2,1H3. The molecule has 2 N–H and O–H groups in total. The maximum absolute atomic E-state index is 12.3. The average Bonchev–Trinajstić information content (AvgIpc) is 2.99. The maximum atomic E-state index is 12.3. The van der Waals surface area contributed by atoms with E-state index >= 15 is 0 Å². The average molecular weight is 314 g/mol. The van der Waals surface area contributed by atoms with E-state index in [2.05, 4.69) is 10.0 Å². The van der Waals surface area contributed by atoms with Crippen molar-refractivity contribution in [3.63, 3.8) is 0 Å². The Bertz CT molecular complexity index is 559. The summed E-state index contributed by atoms with van der Waals surface area (Å²) in [6, 6.07) is 2.49. The van der Waals surface area contributed by atoms with Gasteiger partial charge in [0.05, 0.1) is 0 Å². The Morgan fingerprint density at radius 1 is 1.35 bits per heavy atom. The molecule has 20 heavy (non-hydrogen) atoms. The number of hydrogen-bond donors (Lipinski definition) is 2. The minimum absolute atomic E-state index is 0.0453. The Balaban J connectivity index is 1.60. The van der Waals surface area contributed by atoms with E-state index in [0.717, 1.165) is 24.9 Å². The van der Waals surface area contributed by atoms with Crippen LogP contribution in [0.15, 0.2) is 15.7 Å². The molecule has 0 aromatic carbocycles. The third-order valence-electron chi connectivity index (χ3n) is 4.26. The van der Waals surface area contributed by atoms with Gasteiger partial charge in [-0.3, -0.25) is 0 Å². The van der Waals surface area contributed by atoms with Crippen molar-refractivity contribution in [2.24, 2.45) is 5.92 Å². The van der Waals surface area contributed by atoms with Gasteiger partial charge in [-0.1, -0.05) is 6.42 Å². The van der Waals surface area contributed by atoms with E-state index in [-0.39, 0.29) is 6.04 Å². The van der Waals surface area contributed by atoms with Gasteiger partial charge in [-0.2, -0.15) is 0 Å². The second-order valence-corrected chi connectivity index (χ2v) is 8.88. The summed E-state index contributed by atoms with van der Waals surface area (Å²) < 4.78 is 27.9. The number of nitrogens with one attached hydrogen (secondary N) is 2. The quantitative estimate of drug-likeness (QED) is 0.813. The van der Waals surface area contributed by atoms with Crippen LogP contribution in [0.5, 0.6) is 0 Å². The summed E-state index contributed by atoms with van der Waals surface area (Å²) in [6.07, 6.45) is 6.01. The van der Waals surface area contributed by atoms with Gasteiger partial charge >= 0.3 is 0 Å². The molecule has 0 spiro atoms. The summed E-state index contributed by atoms with van der Waals surface area (Å²) >= 11 is 1.32. The largest absolute Gasteiger partial charge is 0.310 e. The van der Waals surface area contributed by atoms with Crippen molar-refractivity contribution >= 4 is 21.4 Å². The Hall–Kier alpha value is -0.430. The van der Waals surface area contributed by atoms with Gasteiger partial charge in [-0.05, 0) is 55.5 Å². The normalized spacial score (nSPS) is 21.6. The minimum atomic E-state index is -3.34. The molecule has 2 aliphatic carbocycles. The Kier molecular flexibility index (Phi) is 4.17. The zero-order valence-corrected chi connectivity index (χ0v) is 13.4. The first-order valence-corrected chi connectivity index (χ1v) is 9.74. The van der Waals surface area contributed by atoms with Crippen LogP contribution in [0.3, 0.4) is 0 Å². The molecular weight excluding hydrogens is 292 g/mol. The van der Waals surface area contributed by atoms with E-state index in [1.807, 2.05) is 12.3 Å². The molecule has 1 atom stereocenters. The maximum Gasteiger partial charge on any atom is 0.250 e. The Labute approximate surface area is 125 Å². The van der Waals surface area contributed by atoms with E-state index in [4.69, 9.17) is 0 Å². The van der Waals surface area contributed by atoms with Gasteiger partial charge in [-0.25, -0.2) is 13.1 Å². The third-order valence-corrected chi connectivity index (χ3v) is 7.31. The fourth-order valence-corrected chi connectivity index (χ4v) is 5.01. The molecule has 1 unspecified atom stereocenters. The lowest BCUT2D eigenvalue weighted by Crippen LogP contribution is -2.40. The van der Waals surface area contributed by atoms with Crippen LogP contribution in [0.25, 0.3) is 0 Å². The second kappa shape index (κ2) is 5.75. The van der Waals surface area contributed by atoms with Crippen LogP contribution >= 0.6 is 11.3 Å². The van der Waals surface area contributed by atoms with Crippen LogP contribution in [0.2, 0.25) is 0 Å². The monoisotopic (exact) mass is 314 g/mol. The molecule has 0 aliphatic heterocycles. The molecule has 0 bridgehead atoms. The molecule has 1 aromatic rings. The molecule has 4 nitrogen and oxygen atoms in total. The van der Waals surface area contributed by atoms with Gasteiger partial charge < -0.3 is 5.32 Å². The van der Waals surface area contributed by atoms with Crippen LogP contribution in [0.4, 0.5) is 0 Å². The van der Waals surface area contributed by atoms with Gasteiger partial charge in [0.15, 0.2) is 0 Å². The molecule has 2 fully saturated rings. The van der Waals surface area contributed by atoms with Crippen molar-refractivity contribution < 1.29 is 8.42 Å². The number of thiophene rings is 1. The van der Waals surface area contributed by atoms with Crippen LogP contribution in [0.1, 0.15) is 44.6 Å². The predicted octanol–water partition coefficient (Wildman–Crippen LogP) is 2.47. The summed E-state index contributed by atoms with van der Waals surface area (Å²) in [5, 5.41) is 5.35. The fourth-order valence-electron chi connectivity index (χ4n) is 2.48. The second-order valence-electron chi connectivity index (χ2n) is 6.03. The molecule has 1 heterocycles. The lowest BCUT2D eigenvalue weighted by molar-refractivity contribution is 0.260. The number of hydrogen-bond acceptors (Lipinski definition) is 4. The first-order chi connectivity index (χ1) is 9.54. The molecule has 1 aromatic heterocycles. The Morgan fingerprint density at radius 3 is 2.70 bits per heavy atom. The minimum Gasteiger partial charge on any atom is -0.310 e. The van der Waals surface area contributed by atoms with Crippen molar-refractivity contribution in [3.8, 4) is 0 Å². The molecule has 2 aliphatic rings. The highest BCUT2D eigenvalue weighted by Gasteiger charge is 2.28. The molecule has 112 valence electrons. The third kappa shape index (κ3) is 3.42. The lowest BCUT2D eigenvalue weighted by Gasteiger charge is -2.31. The summed E-state index contributed by atoms with van der Waals surface area (Å²) in [4.78, 5) is 0. The summed E-state index contributed by atoms with van der Waals surface area (Å²) in [5.41, 5.74) is 1.07. The van der Waals surface area contributed by atoms with Crippen LogP contribution in [0, 0.1) is 5.92 Å². The highest BCUT2D eigenvalue weighted by Crippen LogP contribution is 2.30. The number of sulfonamides is 1. The smallest absolute Gasteiger partial charge is 0.250 e. The van der Waals surface area contributed by atoms with E-state index in [1.165, 1.54) is 30.6 Å². The summed E-state index contributed by atoms with van der Waals surface area (Å²) in [6.45, 7) is 2.75. The molecule has 6 heteroatoms. The highest BCUT2D eigenvalue weighted by atomic mass is 32.2. The fraction of sp³-hybridized carbons (Fsp3) is 0.714. The molecule has 0 radical (unpaired) electrons. The van der Waals surface area contributed by atoms with Gasteiger partial charge in [0.2, 0.25) is 10.0 Å². The van der Waals surface area contributed by atoms with Crippen LogP contribution in [-0.4, -0.2) is 20.5 Å².